The van der Waals surface area contributed by atoms with Crippen molar-refractivity contribution in [2.75, 3.05) is 25.5 Å². The molecule has 146 valence electrons. The van der Waals surface area contributed by atoms with Crippen LogP contribution in [0.25, 0.3) is 0 Å². The summed E-state index contributed by atoms with van der Waals surface area (Å²) >= 11 is 0. The largest absolute Gasteiger partial charge is 0.337 e. The smallest absolute Gasteiger partial charge is 0.256 e. The fourth-order valence-corrected chi connectivity index (χ4v) is 3.03. The quantitative estimate of drug-likeness (QED) is 0.812. The van der Waals surface area contributed by atoms with Gasteiger partial charge in [0.25, 0.3) is 11.8 Å². The molecular formula is C19H24Cl2N4O2. The number of rotatable bonds is 4. The predicted molar refractivity (Wildman–Crippen MR) is 111 cm³/mol. The van der Waals surface area contributed by atoms with E-state index in [-0.39, 0.29) is 42.7 Å². The van der Waals surface area contributed by atoms with Gasteiger partial charge in [0.2, 0.25) is 0 Å². The SMILES string of the molecule is Cc1cccc(C(=O)N(C)C2CCNC2)c1NC(=O)c1ccncc1.Cl.Cl. The van der Waals surface area contributed by atoms with Crippen molar-refractivity contribution < 1.29 is 9.59 Å². The second-order valence-corrected chi connectivity index (χ2v) is 6.25. The van der Waals surface area contributed by atoms with Crippen LogP contribution in [-0.2, 0) is 0 Å². The van der Waals surface area contributed by atoms with Crippen LogP contribution in [0.2, 0.25) is 0 Å². The number of carbonyl (C=O) groups excluding carboxylic acids is 2. The molecule has 0 saturated carbocycles. The van der Waals surface area contributed by atoms with Crippen molar-refractivity contribution in [2.45, 2.75) is 19.4 Å². The molecule has 2 N–H and O–H groups in total. The van der Waals surface area contributed by atoms with Crippen LogP contribution in [0.5, 0.6) is 0 Å². The molecule has 1 aliphatic rings. The Morgan fingerprint density at radius 1 is 1.19 bits per heavy atom. The van der Waals surface area contributed by atoms with Crippen LogP contribution in [0.1, 0.15) is 32.7 Å². The molecule has 6 nitrogen and oxygen atoms in total. The Morgan fingerprint density at radius 2 is 1.89 bits per heavy atom. The Hall–Kier alpha value is -2.15. The standard InChI is InChI=1S/C19H22N4O2.2ClH/c1-13-4-3-5-16(19(25)23(2)15-8-11-21-12-15)17(13)22-18(24)14-6-9-20-10-7-14;;/h3-7,9-10,15,21H,8,11-12H2,1-2H3,(H,22,24);2*1H. The molecular weight excluding hydrogens is 387 g/mol. The zero-order valence-electron chi connectivity index (χ0n) is 15.3. The minimum Gasteiger partial charge on any atom is -0.337 e. The number of hydrogen-bond acceptors (Lipinski definition) is 4. The van der Waals surface area contributed by atoms with E-state index in [1.165, 1.54) is 0 Å². The number of aromatic nitrogens is 1. The van der Waals surface area contributed by atoms with Crippen LogP contribution in [-0.4, -0.2) is 47.9 Å². The minimum atomic E-state index is -0.254. The summed E-state index contributed by atoms with van der Waals surface area (Å²) in [5.41, 5.74) is 2.43. The van der Waals surface area contributed by atoms with Gasteiger partial charge in [0.15, 0.2) is 0 Å². The second-order valence-electron chi connectivity index (χ2n) is 6.25. The topological polar surface area (TPSA) is 74.3 Å². The molecule has 0 aliphatic carbocycles. The Balaban J connectivity index is 0.00000182. The summed E-state index contributed by atoms with van der Waals surface area (Å²) in [4.78, 5) is 31.1. The summed E-state index contributed by atoms with van der Waals surface area (Å²) in [6.45, 7) is 3.60. The lowest BCUT2D eigenvalue weighted by atomic mass is 10.1. The number of hydrogen-bond donors (Lipinski definition) is 2. The van der Waals surface area contributed by atoms with Crippen LogP contribution >= 0.6 is 24.8 Å². The van der Waals surface area contributed by atoms with Crippen molar-refractivity contribution in [2.24, 2.45) is 0 Å². The normalized spacial score (nSPS) is 15.3. The number of benzene rings is 1. The lowest BCUT2D eigenvalue weighted by Crippen LogP contribution is -2.38. The fraction of sp³-hybridized carbons (Fsp3) is 0.316. The number of carbonyl (C=O) groups is 2. The maximum atomic E-state index is 13.0. The predicted octanol–water partition coefficient (Wildman–Crippen LogP) is 2.92. The van der Waals surface area contributed by atoms with Gasteiger partial charge in [-0.25, -0.2) is 0 Å². The summed E-state index contributed by atoms with van der Waals surface area (Å²) in [7, 11) is 1.82. The van der Waals surface area contributed by atoms with Gasteiger partial charge in [-0.2, -0.15) is 0 Å². The number of pyridine rings is 1. The highest BCUT2D eigenvalue weighted by molar-refractivity contribution is 6.09. The van der Waals surface area contributed by atoms with Crippen LogP contribution in [0.15, 0.2) is 42.7 Å². The maximum absolute atomic E-state index is 13.0. The molecule has 0 bridgehead atoms. The molecule has 8 heteroatoms. The van der Waals surface area contributed by atoms with E-state index in [0.29, 0.717) is 16.8 Å². The van der Waals surface area contributed by atoms with Crippen molar-refractivity contribution in [1.82, 2.24) is 15.2 Å². The molecule has 1 aromatic carbocycles. The Morgan fingerprint density at radius 3 is 2.52 bits per heavy atom. The molecule has 2 amide bonds. The van der Waals surface area contributed by atoms with Crippen molar-refractivity contribution in [1.29, 1.82) is 0 Å². The average molecular weight is 411 g/mol. The van der Waals surface area contributed by atoms with Crippen LogP contribution in [0.4, 0.5) is 5.69 Å². The lowest BCUT2D eigenvalue weighted by Gasteiger charge is -2.25. The molecule has 0 spiro atoms. The Kier molecular flexibility index (Phi) is 8.69. The highest BCUT2D eigenvalue weighted by atomic mass is 35.5. The van der Waals surface area contributed by atoms with Crippen molar-refractivity contribution in [3.8, 4) is 0 Å². The molecule has 3 rings (SSSR count). The highest BCUT2D eigenvalue weighted by Crippen LogP contribution is 2.24. The third-order valence-electron chi connectivity index (χ3n) is 4.59. The number of nitrogens with zero attached hydrogens (tertiary/aromatic N) is 2. The summed E-state index contributed by atoms with van der Waals surface area (Å²) in [6.07, 6.45) is 4.08. The van der Waals surface area contributed by atoms with E-state index < -0.39 is 0 Å². The third kappa shape index (κ3) is 5.19. The molecule has 1 unspecified atom stereocenters. The van der Waals surface area contributed by atoms with Gasteiger partial charge in [0.1, 0.15) is 0 Å². The monoisotopic (exact) mass is 410 g/mol. The van der Waals surface area contributed by atoms with E-state index in [1.807, 2.05) is 26.1 Å². The van der Waals surface area contributed by atoms with Gasteiger partial charge >= 0.3 is 0 Å². The fourth-order valence-electron chi connectivity index (χ4n) is 3.03. The maximum Gasteiger partial charge on any atom is 0.256 e. The molecule has 1 saturated heterocycles. The molecule has 27 heavy (non-hydrogen) atoms. The van der Waals surface area contributed by atoms with Gasteiger partial charge in [-0.3, -0.25) is 14.6 Å². The number of likely N-dealkylation sites (N-methyl/N-ethyl adjacent to an activating group) is 1. The van der Waals surface area contributed by atoms with Gasteiger partial charge < -0.3 is 15.5 Å². The second kappa shape index (κ2) is 10.3. The third-order valence-corrected chi connectivity index (χ3v) is 4.59. The van der Waals surface area contributed by atoms with Crippen LogP contribution in [0, 0.1) is 6.92 Å². The lowest BCUT2D eigenvalue weighted by molar-refractivity contribution is 0.0744. The van der Waals surface area contributed by atoms with Gasteiger partial charge in [-0.05, 0) is 43.7 Å². The number of halogens is 2. The molecule has 2 aromatic rings. The number of anilines is 1. The highest BCUT2D eigenvalue weighted by Gasteiger charge is 2.26. The van der Waals surface area contributed by atoms with E-state index in [1.54, 1.807) is 35.5 Å². The first-order chi connectivity index (χ1) is 12.1. The summed E-state index contributed by atoms with van der Waals surface area (Å²) < 4.78 is 0. The van der Waals surface area contributed by atoms with E-state index in [9.17, 15) is 9.59 Å². The van der Waals surface area contributed by atoms with Crippen molar-refractivity contribution in [3.63, 3.8) is 0 Å². The number of nitrogens with one attached hydrogen (secondary N) is 2. The summed E-state index contributed by atoms with van der Waals surface area (Å²) in [6, 6.07) is 8.95. The first kappa shape index (κ1) is 22.9. The average Bonchev–Trinajstić information content (AvgIpc) is 3.17. The number of aryl methyl sites for hydroxylation is 1. The molecule has 1 aromatic heterocycles. The van der Waals surface area contributed by atoms with E-state index in [4.69, 9.17) is 0 Å². The molecule has 1 aliphatic heterocycles. The van der Waals surface area contributed by atoms with Crippen molar-refractivity contribution >= 4 is 42.3 Å². The van der Waals surface area contributed by atoms with Gasteiger partial charge in [0, 0.05) is 37.6 Å². The van der Waals surface area contributed by atoms with Crippen LogP contribution < -0.4 is 10.6 Å². The molecule has 0 radical (unpaired) electrons. The summed E-state index contributed by atoms with van der Waals surface area (Å²) in [5, 5.41) is 6.16. The number of para-hydroxylation sites is 1. The van der Waals surface area contributed by atoms with E-state index in [0.717, 1.165) is 25.1 Å². The van der Waals surface area contributed by atoms with Crippen LogP contribution in [0.3, 0.4) is 0 Å². The van der Waals surface area contributed by atoms with Crippen molar-refractivity contribution in [3.05, 3.63) is 59.4 Å². The first-order valence-corrected chi connectivity index (χ1v) is 8.37. The molecule has 1 atom stereocenters. The first-order valence-electron chi connectivity index (χ1n) is 8.37. The zero-order chi connectivity index (χ0) is 17.8. The van der Waals surface area contributed by atoms with E-state index >= 15 is 0 Å². The number of amides is 2. The molecule has 1 fully saturated rings. The van der Waals surface area contributed by atoms with E-state index in [2.05, 4.69) is 15.6 Å². The Labute approximate surface area is 171 Å². The minimum absolute atomic E-state index is 0. The summed E-state index contributed by atoms with van der Waals surface area (Å²) in [5.74, 6) is -0.335. The Bertz CT molecular complexity index is 781. The van der Waals surface area contributed by atoms with Gasteiger partial charge in [-0.15, -0.1) is 24.8 Å². The molecule has 2 heterocycles. The zero-order valence-corrected chi connectivity index (χ0v) is 16.9. The van der Waals surface area contributed by atoms with Gasteiger partial charge in [-0.1, -0.05) is 12.1 Å². The van der Waals surface area contributed by atoms with Gasteiger partial charge in [0.05, 0.1) is 11.3 Å².